The molecule has 0 aromatic carbocycles. The second kappa shape index (κ2) is 4.99. The molecule has 118 valence electrons. The Morgan fingerprint density at radius 1 is 1.14 bits per heavy atom. The number of nitrogens with zero attached hydrogens (tertiary/aromatic N) is 1. The van der Waals surface area contributed by atoms with Crippen molar-refractivity contribution in [1.29, 1.82) is 0 Å². The van der Waals surface area contributed by atoms with Gasteiger partial charge in [0.05, 0.1) is 0 Å². The van der Waals surface area contributed by atoms with Crippen molar-refractivity contribution in [2.45, 2.75) is 65.5 Å². The summed E-state index contributed by atoms with van der Waals surface area (Å²) in [5.41, 5.74) is -0.236. The van der Waals surface area contributed by atoms with Gasteiger partial charge in [-0.25, -0.2) is 0 Å². The van der Waals surface area contributed by atoms with E-state index in [9.17, 15) is 9.59 Å². The number of amides is 2. The molecule has 0 radical (unpaired) electrons. The van der Waals surface area contributed by atoms with Crippen molar-refractivity contribution < 1.29 is 9.59 Å². The van der Waals surface area contributed by atoms with Crippen molar-refractivity contribution in [3.8, 4) is 0 Å². The Morgan fingerprint density at radius 2 is 1.67 bits per heavy atom. The zero-order chi connectivity index (χ0) is 15.4. The molecule has 0 bridgehead atoms. The second-order valence-corrected chi connectivity index (χ2v) is 8.31. The Labute approximate surface area is 127 Å². The molecular weight excluding hydrogens is 264 g/mol. The maximum Gasteiger partial charge on any atom is 0.246 e. The molecule has 1 aliphatic heterocycles. The summed E-state index contributed by atoms with van der Waals surface area (Å²) in [6.07, 6.45) is 5.25. The van der Waals surface area contributed by atoms with Gasteiger partial charge in [-0.05, 0) is 55.8 Å². The minimum Gasteiger partial charge on any atom is -0.342 e. The van der Waals surface area contributed by atoms with Gasteiger partial charge in [0, 0.05) is 6.54 Å². The van der Waals surface area contributed by atoms with E-state index in [0.717, 1.165) is 18.4 Å². The number of rotatable bonds is 4. The van der Waals surface area contributed by atoms with E-state index in [1.807, 2.05) is 32.6 Å². The van der Waals surface area contributed by atoms with Gasteiger partial charge in [0.25, 0.3) is 0 Å². The summed E-state index contributed by atoms with van der Waals surface area (Å²) < 4.78 is 0. The highest BCUT2D eigenvalue weighted by Gasteiger charge is 2.48. The average molecular weight is 292 g/mol. The van der Waals surface area contributed by atoms with Crippen molar-refractivity contribution in [2.75, 3.05) is 6.54 Å². The maximum atomic E-state index is 12.9. The van der Waals surface area contributed by atoms with Crippen LogP contribution in [0.5, 0.6) is 0 Å². The summed E-state index contributed by atoms with van der Waals surface area (Å²) in [5, 5.41) is 2.92. The zero-order valence-corrected chi connectivity index (χ0v) is 13.7. The topological polar surface area (TPSA) is 49.4 Å². The maximum absolute atomic E-state index is 12.9. The van der Waals surface area contributed by atoms with E-state index in [1.165, 1.54) is 25.7 Å². The van der Waals surface area contributed by atoms with Crippen molar-refractivity contribution in [2.24, 2.45) is 23.2 Å². The Morgan fingerprint density at radius 3 is 2.10 bits per heavy atom. The molecule has 2 unspecified atom stereocenters. The van der Waals surface area contributed by atoms with Gasteiger partial charge >= 0.3 is 0 Å². The molecule has 3 fully saturated rings. The summed E-state index contributed by atoms with van der Waals surface area (Å²) in [4.78, 5) is 27.0. The summed E-state index contributed by atoms with van der Waals surface area (Å²) in [6.45, 7) is 8.70. The highest BCUT2D eigenvalue weighted by Crippen LogP contribution is 2.49. The van der Waals surface area contributed by atoms with Crippen molar-refractivity contribution >= 4 is 11.8 Å². The van der Waals surface area contributed by atoms with Crippen LogP contribution in [0, 0.1) is 23.2 Å². The van der Waals surface area contributed by atoms with E-state index in [2.05, 4.69) is 5.32 Å². The van der Waals surface area contributed by atoms with Gasteiger partial charge in [0.1, 0.15) is 12.1 Å². The van der Waals surface area contributed by atoms with E-state index < -0.39 is 0 Å². The second-order valence-electron chi connectivity index (χ2n) is 8.31. The third kappa shape index (κ3) is 2.95. The molecule has 2 amide bonds. The van der Waals surface area contributed by atoms with Crippen LogP contribution in [-0.2, 0) is 9.59 Å². The Bertz CT molecular complexity index is 434. The van der Waals surface area contributed by atoms with Gasteiger partial charge in [0.2, 0.25) is 11.8 Å². The first-order valence-electron chi connectivity index (χ1n) is 8.40. The molecule has 0 aromatic rings. The van der Waals surface area contributed by atoms with Crippen molar-refractivity contribution in [1.82, 2.24) is 10.2 Å². The Balaban J connectivity index is 1.77. The van der Waals surface area contributed by atoms with Crippen LogP contribution in [0.15, 0.2) is 0 Å². The quantitative estimate of drug-likeness (QED) is 0.863. The predicted octanol–water partition coefficient (Wildman–Crippen LogP) is 2.18. The molecule has 0 spiro atoms. The number of hydrogen-bond acceptors (Lipinski definition) is 2. The molecule has 2 aliphatic carbocycles. The van der Waals surface area contributed by atoms with Crippen molar-refractivity contribution in [3.63, 3.8) is 0 Å². The lowest BCUT2D eigenvalue weighted by atomic mass is 9.83. The first-order chi connectivity index (χ1) is 9.79. The molecule has 3 aliphatic rings. The number of carbonyl (C=O) groups is 2. The monoisotopic (exact) mass is 292 g/mol. The lowest BCUT2D eigenvalue weighted by molar-refractivity contribution is -0.152. The van der Waals surface area contributed by atoms with E-state index in [4.69, 9.17) is 0 Å². The van der Waals surface area contributed by atoms with Gasteiger partial charge in [-0.15, -0.1) is 0 Å². The molecule has 1 heterocycles. The Hall–Kier alpha value is -1.06. The van der Waals surface area contributed by atoms with Crippen LogP contribution >= 0.6 is 0 Å². The van der Waals surface area contributed by atoms with Gasteiger partial charge in [0.15, 0.2) is 0 Å². The number of nitrogens with one attached hydrogen (secondary N) is 1. The van der Waals surface area contributed by atoms with Gasteiger partial charge < -0.3 is 10.2 Å². The first-order valence-corrected chi connectivity index (χ1v) is 8.40. The minimum absolute atomic E-state index is 0.000121. The number of carbonyl (C=O) groups excluding carboxylic acids is 2. The average Bonchev–Trinajstić information content (AvgIpc) is 3.25. The summed E-state index contributed by atoms with van der Waals surface area (Å²) in [6, 6.07) is -0.712. The normalized spacial score (nSPS) is 30.8. The SMILES string of the molecule is CC1C(=O)NC(C(C)(C)C)C(=O)N1CC(C1CC1)C1CC1. The van der Waals surface area contributed by atoms with Crippen LogP contribution in [-0.4, -0.2) is 35.3 Å². The smallest absolute Gasteiger partial charge is 0.246 e. The van der Waals surface area contributed by atoms with E-state index in [-0.39, 0.29) is 29.3 Å². The molecule has 4 heteroatoms. The molecule has 1 N–H and O–H groups in total. The summed E-state index contributed by atoms with van der Waals surface area (Å²) in [7, 11) is 0. The van der Waals surface area contributed by atoms with E-state index in [0.29, 0.717) is 5.92 Å². The molecular formula is C17H28N2O2. The minimum atomic E-state index is -0.389. The standard InChI is InChI=1S/C17H28N2O2/c1-10-15(20)18-14(17(2,3)4)16(21)19(10)9-13(11-5-6-11)12-7-8-12/h10-14H,5-9H2,1-4H3,(H,18,20). The van der Waals surface area contributed by atoms with Crippen LogP contribution in [0.2, 0.25) is 0 Å². The van der Waals surface area contributed by atoms with Crippen molar-refractivity contribution in [3.05, 3.63) is 0 Å². The third-order valence-electron chi connectivity index (χ3n) is 5.39. The fourth-order valence-electron chi connectivity index (χ4n) is 3.62. The third-order valence-corrected chi connectivity index (χ3v) is 5.39. The lowest BCUT2D eigenvalue weighted by Gasteiger charge is -2.43. The molecule has 0 aromatic heterocycles. The summed E-state index contributed by atoms with van der Waals surface area (Å²) >= 11 is 0. The zero-order valence-electron chi connectivity index (χ0n) is 13.7. The molecule has 4 nitrogen and oxygen atoms in total. The van der Waals surface area contributed by atoms with Crippen LogP contribution in [0.25, 0.3) is 0 Å². The fourth-order valence-corrected chi connectivity index (χ4v) is 3.62. The fraction of sp³-hybridized carbons (Fsp3) is 0.882. The number of piperazine rings is 1. The lowest BCUT2D eigenvalue weighted by Crippen LogP contribution is -2.66. The molecule has 2 saturated carbocycles. The van der Waals surface area contributed by atoms with E-state index in [1.54, 1.807) is 0 Å². The van der Waals surface area contributed by atoms with Gasteiger partial charge in [-0.2, -0.15) is 0 Å². The molecule has 1 saturated heterocycles. The predicted molar refractivity (Wildman–Crippen MR) is 81.5 cm³/mol. The molecule has 21 heavy (non-hydrogen) atoms. The first kappa shape index (κ1) is 14.9. The van der Waals surface area contributed by atoms with Crippen LogP contribution in [0.3, 0.4) is 0 Å². The molecule has 2 atom stereocenters. The highest BCUT2D eigenvalue weighted by molar-refractivity contribution is 5.97. The van der Waals surface area contributed by atoms with Gasteiger partial charge in [-0.1, -0.05) is 20.8 Å². The van der Waals surface area contributed by atoms with Crippen LogP contribution in [0.4, 0.5) is 0 Å². The highest BCUT2D eigenvalue weighted by atomic mass is 16.2. The van der Waals surface area contributed by atoms with Crippen LogP contribution < -0.4 is 5.32 Å². The van der Waals surface area contributed by atoms with Crippen LogP contribution in [0.1, 0.15) is 53.4 Å². The number of hydrogen-bond donors (Lipinski definition) is 1. The van der Waals surface area contributed by atoms with E-state index >= 15 is 0 Å². The van der Waals surface area contributed by atoms with Gasteiger partial charge in [-0.3, -0.25) is 9.59 Å². The Kier molecular flexibility index (Phi) is 3.53. The summed E-state index contributed by atoms with van der Waals surface area (Å²) in [5.74, 6) is 2.34. The molecule has 3 rings (SSSR count). The largest absolute Gasteiger partial charge is 0.342 e.